The highest BCUT2D eigenvalue weighted by atomic mass is 16.5. The molecule has 2 N–H and O–H groups in total. The summed E-state index contributed by atoms with van der Waals surface area (Å²) in [6, 6.07) is 6.99. The number of amides is 3. The Balaban J connectivity index is 1.57. The molecule has 1 saturated carbocycles. The van der Waals surface area contributed by atoms with Crippen molar-refractivity contribution < 1.29 is 14.3 Å². The Morgan fingerprint density at radius 1 is 1.12 bits per heavy atom. The van der Waals surface area contributed by atoms with E-state index in [1.807, 2.05) is 31.2 Å². The zero-order valence-electron chi connectivity index (χ0n) is 14.8. The first-order valence-electron chi connectivity index (χ1n) is 9.28. The number of hydrogen-bond acceptors (Lipinski definition) is 3. The molecule has 1 aliphatic carbocycles. The van der Waals surface area contributed by atoms with E-state index in [4.69, 9.17) is 4.74 Å². The van der Waals surface area contributed by atoms with Crippen LogP contribution in [0.15, 0.2) is 24.3 Å². The van der Waals surface area contributed by atoms with Crippen molar-refractivity contribution >= 4 is 17.6 Å². The van der Waals surface area contributed by atoms with Gasteiger partial charge in [0.25, 0.3) is 0 Å². The van der Waals surface area contributed by atoms with Gasteiger partial charge in [-0.05, 0) is 56.9 Å². The molecule has 1 heterocycles. The molecule has 1 aromatic carbocycles. The molecule has 0 aromatic heterocycles. The van der Waals surface area contributed by atoms with E-state index in [0.717, 1.165) is 31.4 Å². The molecule has 1 aliphatic heterocycles. The highest BCUT2D eigenvalue weighted by Crippen LogP contribution is 2.23. The Kier molecular flexibility index (Phi) is 5.79. The van der Waals surface area contributed by atoms with Crippen LogP contribution in [0.5, 0.6) is 5.75 Å². The molecule has 0 spiro atoms. The van der Waals surface area contributed by atoms with Crippen LogP contribution < -0.4 is 15.4 Å². The van der Waals surface area contributed by atoms with E-state index < -0.39 is 0 Å². The average molecular weight is 345 g/mol. The maximum Gasteiger partial charge on any atom is 0.322 e. The molecule has 1 atom stereocenters. The van der Waals surface area contributed by atoms with Gasteiger partial charge in [0.2, 0.25) is 5.91 Å². The van der Waals surface area contributed by atoms with Crippen molar-refractivity contribution in [3.63, 3.8) is 0 Å². The van der Waals surface area contributed by atoms with Crippen LogP contribution in [0, 0.1) is 0 Å². The van der Waals surface area contributed by atoms with Crippen molar-refractivity contribution in [1.29, 1.82) is 0 Å². The summed E-state index contributed by atoms with van der Waals surface area (Å²) < 4.78 is 5.40. The number of ether oxygens (including phenoxy) is 1. The number of hydrogen-bond donors (Lipinski definition) is 2. The molecule has 3 rings (SSSR count). The number of carbonyl (C=O) groups excluding carboxylic acids is 2. The normalized spacial score (nSPS) is 20.5. The number of rotatable bonds is 5. The number of likely N-dealkylation sites (tertiary alicyclic amines) is 1. The second-order valence-electron chi connectivity index (χ2n) is 6.73. The van der Waals surface area contributed by atoms with Crippen LogP contribution in [0.1, 0.15) is 45.4 Å². The SMILES string of the molecule is CCOc1ccc(NC(=O)N2CCC[C@H]2C(=O)NC2CCCC2)cc1. The second kappa shape index (κ2) is 8.23. The zero-order valence-corrected chi connectivity index (χ0v) is 14.8. The number of nitrogens with one attached hydrogen (secondary N) is 2. The smallest absolute Gasteiger partial charge is 0.322 e. The zero-order chi connectivity index (χ0) is 17.6. The van der Waals surface area contributed by atoms with Gasteiger partial charge in [-0.15, -0.1) is 0 Å². The topological polar surface area (TPSA) is 70.7 Å². The average Bonchev–Trinajstić information content (AvgIpc) is 3.28. The van der Waals surface area contributed by atoms with E-state index >= 15 is 0 Å². The van der Waals surface area contributed by atoms with Gasteiger partial charge < -0.3 is 20.3 Å². The third-order valence-corrected chi connectivity index (χ3v) is 4.93. The van der Waals surface area contributed by atoms with Crippen molar-refractivity contribution in [2.75, 3.05) is 18.5 Å². The first kappa shape index (κ1) is 17.6. The molecule has 6 nitrogen and oxygen atoms in total. The summed E-state index contributed by atoms with van der Waals surface area (Å²) in [7, 11) is 0. The van der Waals surface area contributed by atoms with Gasteiger partial charge in [-0.2, -0.15) is 0 Å². The Labute approximate surface area is 148 Å². The summed E-state index contributed by atoms with van der Waals surface area (Å²) in [5, 5.41) is 6.00. The maximum absolute atomic E-state index is 12.6. The van der Waals surface area contributed by atoms with Gasteiger partial charge in [0.1, 0.15) is 11.8 Å². The summed E-state index contributed by atoms with van der Waals surface area (Å²) in [6.45, 7) is 3.16. The fraction of sp³-hybridized carbons (Fsp3) is 0.579. The summed E-state index contributed by atoms with van der Waals surface area (Å²) in [4.78, 5) is 26.8. The van der Waals surface area contributed by atoms with Crippen molar-refractivity contribution in [3.05, 3.63) is 24.3 Å². The molecule has 2 aliphatic rings. The van der Waals surface area contributed by atoms with Gasteiger partial charge in [-0.1, -0.05) is 12.8 Å². The molecule has 1 aromatic rings. The van der Waals surface area contributed by atoms with Crippen LogP contribution in [0.2, 0.25) is 0 Å². The van der Waals surface area contributed by atoms with Crippen molar-refractivity contribution in [1.82, 2.24) is 10.2 Å². The van der Waals surface area contributed by atoms with Crippen molar-refractivity contribution in [2.24, 2.45) is 0 Å². The fourth-order valence-corrected chi connectivity index (χ4v) is 3.65. The van der Waals surface area contributed by atoms with Gasteiger partial charge in [0.05, 0.1) is 6.61 Å². The number of nitrogens with zero attached hydrogens (tertiary/aromatic N) is 1. The summed E-state index contributed by atoms with van der Waals surface area (Å²) in [5.41, 5.74) is 0.704. The Hall–Kier alpha value is -2.24. The largest absolute Gasteiger partial charge is 0.494 e. The van der Waals surface area contributed by atoms with Gasteiger partial charge >= 0.3 is 6.03 Å². The molecule has 0 radical (unpaired) electrons. The van der Waals surface area contributed by atoms with Crippen LogP contribution >= 0.6 is 0 Å². The summed E-state index contributed by atoms with van der Waals surface area (Å²) >= 11 is 0. The fourth-order valence-electron chi connectivity index (χ4n) is 3.65. The quantitative estimate of drug-likeness (QED) is 0.861. The number of benzene rings is 1. The molecule has 136 valence electrons. The monoisotopic (exact) mass is 345 g/mol. The highest BCUT2D eigenvalue weighted by Gasteiger charge is 2.35. The molecule has 1 saturated heterocycles. The Morgan fingerprint density at radius 3 is 2.52 bits per heavy atom. The van der Waals surface area contributed by atoms with Crippen molar-refractivity contribution in [2.45, 2.75) is 57.5 Å². The van der Waals surface area contributed by atoms with Crippen LogP contribution in [-0.2, 0) is 4.79 Å². The third-order valence-electron chi connectivity index (χ3n) is 4.93. The van der Waals surface area contributed by atoms with E-state index in [1.54, 1.807) is 4.90 Å². The molecule has 25 heavy (non-hydrogen) atoms. The molecule has 0 bridgehead atoms. The molecule has 6 heteroatoms. The highest BCUT2D eigenvalue weighted by molar-refractivity contribution is 5.94. The lowest BCUT2D eigenvalue weighted by Crippen LogP contribution is -2.49. The lowest BCUT2D eigenvalue weighted by atomic mass is 10.1. The number of anilines is 1. The molecular weight excluding hydrogens is 318 g/mol. The lowest BCUT2D eigenvalue weighted by Gasteiger charge is -2.25. The summed E-state index contributed by atoms with van der Waals surface area (Å²) in [6.07, 6.45) is 6.05. The third kappa shape index (κ3) is 4.44. The number of urea groups is 1. The molecule has 3 amide bonds. The van der Waals surface area contributed by atoms with Crippen LogP contribution in [-0.4, -0.2) is 42.1 Å². The molecular formula is C19H27N3O3. The van der Waals surface area contributed by atoms with Crippen LogP contribution in [0.25, 0.3) is 0 Å². The molecule has 0 unspecified atom stereocenters. The first-order chi connectivity index (χ1) is 12.2. The van der Waals surface area contributed by atoms with Gasteiger partial charge in [0, 0.05) is 18.3 Å². The van der Waals surface area contributed by atoms with Gasteiger partial charge in [0.15, 0.2) is 0 Å². The van der Waals surface area contributed by atoms with Gasteiger partial charge in [-0.3, -0.25) is 4.79 Å². The second-order valence-corrected chi connectivity index (χ2v) is 6.73. The van der Waals surface area contributed by atoms with Gasteiger partial charge in [-0.25, -0.2) is 4.79 Å². The standard InChI is InChI=1S/C19H27N3O3/c1-2-25-16-11-9-15(10-12-16)21-19(24)22-13-5-8-17(22)18(23)20-14-6-3-4-7-14/h9-12,14,17H,2-8,13H2,1H3,(H,20,23)(H,21,24)/t17-/m0/s1. The Morgan fingerprint density at radius 2 is 1.84 bits per heavy atom. The van der Waals surface area contributed by atoms with E-state index in [9.17, 15) is 9.59 Å². The van der Waals surface area contributed by atoms with E-state index in [-0.39, 0.29) is 24.0 Å². The predicted octanol–water partition coefficient (Wildman–Crippen LogP) is 3.14. The Bertz CT molecular complexity index is 596. The minimum Gasteiger partial charge on any atom is -0.494 e. The summed E-state index contributed by atoms with van der Waals surface area (Å²) in [5.74, 6) is 0.765. The number of carbonyl (C=O) groups is 2. The van der Waals surface area contributed by atoms with E-state index in [0.29, 0.717) is 18.8 Å². The predicted molar refractivity (Wildman–Crippen MR) is 96.8 cm³/mol. The maximum atomic E-state index is 12.6. The van der Waals surface area contributed by atoms with Crippen LogP contribution in [0.3, 0.4) is 0 Å². The minimum atomic E-state index is -0.358. The van der Waals surface area contributed by atoms with E-state index in [1.165, 1.54) is 12.8 Å². The van der Waals surface area contributed by atoms with Crippen molar-refractivity contribution in [3.8, 4) is 5.75 Å². The first-order valence-corrected chi connectivity index (χ1v) is 9.28. The van der Waals surface area contributed by atoms with E-state index in [2.05, 4.69) is 10.6 Å². The lowest BCUT2D eigenvalue weighted by molar-refractivity contribution is -0.125. The minimum absolute atomic E-state index is 0.00811. The van der Waals surface area contributed by atoms with Crippen LogP contribution in [0.4, 0.5) is 10.5 Å². The molecule has 2 fully saturated rings.